The predicted molar refractivity (Wildman–Crippen MR) is 121 cm³/mol. The minimum absolute atomic E-state index is 0.172. The fraction of sp³-hybridized carbons (Fsp3) is 0.190. The number of carbonyl (C=O) groups excluding carboxylic acids is 1. The molecule has 7 nitrogen and oxygen atoms in total. The van der Waals surface area contributed by atoms with Crippen LogP contribution in [0.15, 0.2) is 48.5 Å². The van der Waals surface area contributed by atoms with Crippen molar-refractivity contribution in [1.82, 2.24) is 9.97 Å². The highest BCUT2D eigenvalue weighted by Gasteiger charge is 2.08. The minimum Gasteiger partial charge on any atom is -0.482 e. The first-order valence-electron chi connectivity index (χ1n) is 9.08. The number of nitrogens with zero attached hydrogens (tertiary/aromatic N) is 3. The molecule has 3 rings (SSSR count). The highest BCUT2D eigenvalue weighted by atomic mass is 35.5. The highest BCUT2D eigenvalue weighted by molar-refractivity contribution is 6.35. The van der Waals surface area contributed by atoms with Crippen LogP contribution in [-0.2, 0) is 4.79 Å². The predicted octanol–water partition coefficient (Wildman–Crippen LogP) is 4.92. The van der Waals surface area contributed by atoms with E-state index in [2.05, 4.69) is 20.6 Å². The average Bonchev–Trinajstić information content (AvgIpc) is 2.68. The third kappa shape index (κ3) is 5.98. The molecule has 0 bridgehead atoms. The Hall–Kier alpha value is -3.03. The van der Waals surface area contributed by atoms with Crippen molar-refractivity contribution in [3.05, 3.63) is 64.4 Å². The number of anilines is 4. The highest BCUT2D eigenvalue weighted by Crippen LogP contribution is 2.27. The Kier molecular flexibility index (Phi) is 6.97. The quantitative estimate of drug-likeness (QED) is 0.537. The zero-order valence-corrected chi connectivity index (χ0v) is 18.3. The van der Waals surface area contributed by atoms with Crippen LogP contribution >= 0.6 is 23.2 Å². The van der Waals surface area contributed by atoms with E-state index in [9.17, 15) is 4.79 Å². The van der Waals surface area contributed by atoms with Crippen LogP contribution in [0.2, 0.25) is 10.0 Å². The van der Waals surface area contributed by atoms with E-state index < -0.39 is 0 Å². The van der Waals surface area contributed by atoms with Crippen molar-refractivity contribution < 1.29 is 9.53 Å². The first kappa shape index (κ1) is 21.7. The summed E-state index contributed by atoms with van der Waals surface area (Å²) in [4.78, 5) is 22.8. The number of aryl methyl sites for hydroxylation is 1. The number of amides is 1. The summed E-state index contributed by atoms with van der Waals surface area (Å²) < 4.78 is 5.44. The van der Waals surface area contributed by atoms with Crippen LogP contribution in [0.25, 0.3) is 0 Å². The van der Waals surface area contributed by atoms with Gasteiger partial charge < -0.3 is 20.3 Å². The summed E-state index contributed by atoms with van der Waals surface area (Å²) in [7, 11) is 3.85. The molecule has 3 aromatic rings. The summed E-state index contributed by atoms with van der Waals surface area (Å²) in [5.74, 6) is 2.27. The van der Waals surface area contributed by atoms with Crippen molar-refractivity contribution in [3.8, 4) is 5.75 Å². The van der Waals surface area contributed by atoms with Gasteiger partial charge in [0.1, 0.15) is 23.2 Å². The molecule has 0 spiro atoms. The van der Waals surface area contributed by atoms with Gasteiger partial charge in [0.15, 0.2) is 6.61 Å². The van der Waals surface area contributed by atoms with E-state index in [-0.39, 0.29) is 12.5 Å². The van der Waals surface area contributed by atoms with E-state index in [0.29, 0.717) is 33.1 Å². The van der Waals surface area contributed by atoms with Crippen molar-refractivity contribution in [1.29, 1.82) is 0 Å². The topological polar surface area (TPSA) is 79.4 Å². The van der Waals surface area contributed by atoms with Gasteiger partial charge in [-0.2, -0.15) is 0 Å². The number of carbonyl (C=O) groups is 1. The minimum atomic E-state index is -0.302. The molecular formula is C21H21Cl2N5O2. The Balaban J connectivity index is 1.57. The Morgan fingerprint density at radius 3 is 2.40 bits per heavy atom. The maximum absolute atomic E-state index is 12.1. The second kappa shape index (κ2) is 9.65. The zero-order valence-electron chi connectivity index (χ0n) is 16.7. The molecule has 0 aliphatic rings. The van der Waals surface area contributed by atoms with Crippen LogP contribution in [0.5, 0.6) is 5.75 Å². The molecule has 1 aromatic heterocycles. The van der Waals surface area contributed by atoms with Gasteiger partial charge in [-0.15, -0.1) is 0 Å². The molecule has 0 saturated carbocycles. The second-order valence-corrected chi connectivity index (χ2v) is 7.51. The normalized spacial score (nSPS) is 10.4. The first-order chi connectivity index (χ1) is 14.3. The number of halogens is 2. The fourth-order valence-corrected chi connectivity index (χ4v) is 3.03. The van der Waals surface area contributed by atoms with Crippen molar-refractivity contribution >= 4 is 52.1 Å². The SMILES string of the molecule is Cc1nc(Nc2ccc(NC(=O)COc3ccc(Cl)cc3Cl)cc2)cc(N(C)C)n1. The molecular weight excluding hydrogens is 425 g/mol. The van der Waals surface area contributed by atoms with E-state index >= 15 is 0 Å². The Morgan fingerprint density at radius 2 is 1.73 bits per heavy atom. The number of nitrogens with one attached hydrogen (secondary N) is 2. The fourth-order valence-electron chi connectivity index (χ4n) is 2.56. The summed E-state index contributed by atoms with van der Waals surface area (Å²) in [6.45, 7) is 1.67. The lowest BCUT2D eigenvalue weighted by Crippen LogP contribution is -2.20. The lowest BCUT2D eigenvalue weighted by molar-refractivity contribution is -0.118. The molecule has 0 radical (unpaired) electrons. The van der Waals surface area contributed by atoms with Crippen LogP contribution in [0.1, 0.15) is 5.82 Å². The van der Waals surface area contributed by atoms with Gasteiger partial charge >= 0.3 is 0 Å². The van der Waals surface area contributed by atoms with Crippen LogP contribution in [-0.4, -0.2) is 36.6 Å². The van der Waals surface area contributed by atoms with E-state index in [1.807, 2.05) is 44.1 Å². The molecule has 0 aliphatic heterocycles. The number of hydrogen-bond acceptors (Lipinski definition) is 6. The third-order valence-electron chi connectivity index (χ3n) is 3.98. The largest absolute Gasteiger partial charge is 0.482 e. The molecule has 0 saturated heterocycles. The Bertz CT molecular complexity index is 1040. The second-order valence-electron chi connectivity index (χ2n) is 6.67. The Morgan fingerprint density at radius 1 is 1.03 bits per heavy atom. The van der Waals surface area contributed by atoms with Gasteiger partial charge in [-0.1, -0.05) is 23.2 Å². The van der Waals surface area contributed by atoms with E-state index in [0.717, 1.165) is 11.5 Å². The van der Waals surface area contributed by atoms with Gasteiger partial charge in [-0.3, -0.25) is 4.79 Å². The molecule has 2 N–H and O–H groups in total. The third-order valence-corrected chi connectivity index (χ3v) is 4.51. The molecule has 1 amide bonds. The number of aromatic nitrogens is 2. The molecule has 1 heterocycles. The van der Waals surface area contributed by atoms with Crippen molar-refractivity contribution in [2.24, 2.45) is 0 Å². The molecule has 0 aliphatic carbocycles. The summed E-state index contributed by atoms with van der Waals surface area (Å²) in [5.41, 5.74) is 1.48. The average molecular weight is 446 g/mol. The smallest absolute Gasteiger partial charge is 0.262 e. The number of benzene rings is 2. The Labute approximate surface area is 185 Å². The number of ether oxygens (including phenoxy) is 1. The molecule has 0 fully saturated rings. The van der Waals surface area contributed by atoms with Crippen molar-refractivity contribution in [2.75, 3.05) is 36.2 Å². The van der Waals surface area contributed by atoms with Crippen LogP contribution in [0.4, 0.5) is 23.0 Å². The standard InChI is InChI=1S/C21H21Cl2N5O2/c1-13-24-19(11-20(25-13)28(2)3)26-15-5-7-16(8-6-15)27-21(29)12-30-18-9-4-14(22)10-17(18)23/h4-11H,12H2,1-3H3,(H,27,29)(H,24,25,26). The molecule has 0 unspecified atom stereocenters. The van der Waals surface area contributed by atoms with Gasteiger partial charge in [-0.05, 0) is 49.4 Å². The maximum Gasteiger partial charge on any atom is 0.262 e. The van der Waals surface area contributed by atoms with Crippen LogP contribution in [0, 0.1) is 6.92 Å². The number of rotatable bonds is 7. The summed E-state index contributed by atoms with van der Waals surface area (Å²) in [6.07, 6.45) is 0. The van der Waals surface area contributed by atoms with Crippen molar-refractivity contribution in [3.63, 3.8) is 0 Å². The molecule has 2 aromatic carbocycles. The summed E-state index contributed by atoms with van der Waals surface area (Å²) >= 11 is 11.9. The van der Waals surface area contributed by atoms with Gasteiger partial charge in [0.2, 0.25) is 0 Å². The molecule has 0 atom stereocenters. The lowest BCUT2D eigenvalue weighted by atomic mass is 10.2. The van der Waals surface area contributed by atoms with Gasteiger partial charge in [0.05, 0.1) is 5.02 Å². The van der Waals surface area contributed by atoms with Gasteiger partial charge in [0.25, 0.3) is 5.91 Å². The zero-order chi connectivity index (χ0) is 21.7. The summed E-state index contributed by atoms with van der Waals surface area (Å²) in [6, 6.07) is 14.0. The summed E-state index contributed by atoms with van der Waals surface area (Å²) in [5, 5.41) is 6.86. The lowest BCUT2D eigenvalue weighted by Gasteiger charge is -2.14. The van der Waals surface area contributed by atoms with Crippen molar-refractivity contribution in [2.45, 2.75) is 6.92 Å². The molecule has 156 valence electrons. The maximum atomic E-state index is 12.1. The first-order valence-corrected chi connectivity index (χ1v) is 9.83. The van der Waals surface area contributed by atoms with E-state index in [4.69, 9.17) is 27.9 Å². The van der Waals surface area contributed by atoms with Gasteiger partial charge in [-0.25, -0.2) is 9.97 Å². The number of hydrogen-bond donors (Lipinski definition) is 2. The van der Waals surface area contributed by atoms with Crippen LogP contribution in [0.3, 0.4) is 0 Å². The molecule has 9 heteroatoms. The van der Waals surface area contributed by atoms with Crippen LogP contribution < -0.4 is 20.3 Å². The van der Waals surface area contributed by atoms with Gasteiger partial charge in [0, 0.05) is 36.6 Å². The molecule has 30 heavy (non-hydrogen) atoms. The van der Waals surface area contributed by atoms with E-state index in [1.165, 1.54) is 0 Å². The monoisotopic (exact) mass is 445 g/mol. The van der Waals surface area contributed by atoms with E-state index in [1.54, 1.807) is 30.3 Å².